The molecule has 8 heteroatoms. The molecule has 0 saturated carbocycles. The summed E-state index contributed by atoms with van der Waals surface area (Å²) in [6.45, 7) is 6.69. The molecule has 0 spiro atoms. The fraction of sp³-hybridized carbons (Fsp3) is 0.500. The molecule has 7 nitrogen and oxygen atoms in total. The van der Waals surface area contributed by atoms with Gasteiger partial charge in [-0.1, -0.05) is 0 Å². The van der Waals surface area contributed by atoms with Gasteiger partial charge in [-0.3, -0.25) is 10.1 Å². The van der Waals surface area contributed by atoms with Gasteiger partial charge in [0.15, 0.2) is 4.90 Å². The maximum Gasteiger partial charge on any atom is 0.289 e. The molecule has 0 fully saturated rings. The maximum absolute atomic E-state index is 12.2. The Bertz CT molecular complexity index is 633. The number of benzene rings is 1. The van der Waals surface area contributed by atoms with E-state index in [0.717, 1.165) is 0 Å². The highest BCUT2D eigenvalue weighted by molar-refractivity contribution is 7.89. The fourth-order valence-electron chi connectivity index (χ4n) is 1.49. The molecule has 0 saturated heterocycles. The van der Waals surface area contributed by atoms with Crippen molar-refractivity contribution in [3.63, 3.8) is 0 Å². The zero-order valence-corrected chi connectivity index (χ0v) is 12.7. The maximum atomic E-state index is 12.2. The second-order valence-corrected chi connectivity index (χ2v) is 7.21. The average molecular weight is 301 g/mol. The van der Waals surface area contributed by atoms with E-state index in [-0.39, 0.29) is 11.4 Å². The molecule has 0 aliphatic heterocycles. The highest BCUT2D eigenvalue weighted by Crippen LogP contribution is 2.27. The lowest BCUT2D eigenvalue weighted by molar-refractivity contribution is -0.387. The number of nitrogens with one attached hydrogen (secondary N) is 1. The van der Waals surface area contributed by atoms with E-state index in [9.17, 15) is 18.5 Å². The fourth-order valence-corrected chi connectivity index (χ4v) is 2.95. The number of nitrogens with zero attached hydrogens (tertiary/aromatic N) is 1. The van der Waals surface area contributed by atoms with E-state index >= 15 is 0 Å². The van der Waals surface area contributed by atoms with Crippen molar-refractivity contribution < 1.29 is 13.3 Å². The van der Waals surface area contributed by atoms with Crippen molar-refractivity contribution in [2.75, 3.05) is 6.54 Å². The summed E-state index contributed by atoms with van der Waals surface area (Å²) in [4.78, 5) is 9.98. The first-order valence-electron chi connectivity index (χ1n) is 5.98. The number of hydrogen-bond acceptors (Lipinski definition) is 5. The van der Waals surface area contributed by atoms with Crippen LogP contribution in [0.25, 0.3) is 0 Å². The summed E-state index contributed by atoms with van der Waals surface area (Å²) in [6, 6.07) is 2.57. The largest absolute Gasteiger partial charge is 0.324 e. The number of aryl methyl sites for hydroxylation is 2. The summed E-state index contributed by atoms with van der Waals surface area (Å²) in [7, 11) is -3.98. The van der Waals surface area contributed by atoms with Gasteiger partial charge < -0.3 is 5.73 Å². The molecule has 0 amide bonds. The van der Waals surface area contributed by atoms with Gasteiger partial charge in [0.25, 0.3) is 5.69 Å². The summed E-state index contributed by atoms with van der Waals surface area (Å²) < 4.78 is 26.7. The SMILES string of the molecule is Cc1cc([N+](=O)[O-])c(S(=O)(=O)NCC(C)(C)N)cc1C. The van der Waals surface area contributed by atoms with Gasteiger partial charge in [0.2, 0.25) is 10.0 Å². The molecule has 0 radical (unpaired) electrons. The van der Waals surface area contributed by atoms with Crippen LogP contribution in [0.15, 0.2) is 17.0 Å². The van der Waals surface area contributed by atoms with Gasteiger partial charge in [-0.25, -0.2) is 13.1 Å². The Morgan fingerprint density at radius 2 is 1.80 bits per heavy atom. The molecule has 1 rings (SSSR count). The molecule has 0 aliphatic carbocycles. The van der Waals surface area contributed by atoms with E-state index in [4.69, 9.17) is 5.73 Å². The highest BCUT2D eigenvalue weighted by Gasteiger charge is 2.27. The van der Waals surface area contributed by atoms with E-state index in [0.29, 0.717) is 11.1 Å². The molecule has 0 aliphatic rings. The van der Waals surface area contributed by atoms with E-state index in [1.54, 1.807) is 27.7 Å². The number of nitrogens with two attached hydrogens (primary N) is 1. The van der Waals surface area contributed by atoms with Crippen molar-refractivity contribution in [2.24, 2.45) is 5.73 Å². The lowest BCUT2D eigenvalue weighted by Crippen LogP contribution is -2.45. The van der Waals surface area contributed by atoms with Crippen LogP contribution in [-0.2, 0) is 10.0 Å². The van der Waals surface area contributed by atoms with E-state index in [1.807, 2.05) is 0 Å². The molecule has 20 heavy (non-hydrogen) atoms. The van der Waals surface area contributed by atoms with Crippen LogP contribution in [0.2, 0.25) is 0 Å². The summed E-state index contributed by atoms with van der Waals surface area (Å²) in [5.74, 6) is 0. The normalized spacial score (nSPS) is 12.4. The predicted octanol–water partition coefficient (Wildman–Crippen LogP) is 1.23. The molecular formula is C12H19N3O4S. The van der Waals surface area contributed by atoms with E-state index < -0.39 is 26.2 Å². The smallest absolute Gasteiger partial charge is 0.289 e. The topological polar surface area (TPSA) is 115 Å². The average Bonchev–Trinajstić information content (AvgIpc) is 2.28. The van der Waals surface area contributed by atoms with Crippen LogP contribution >= 0.6 is 0 Å². The van der Waals surface area contributed by atoms with Crippen molar-refractivity contribution >= 4 is 15.7 Å². The number of hydrogen-bond donors (Lipinski definition) is 2. The molecule has 0 unspecified atom stereocenters. The summed E-state index contributed by atoms with van der Waals surface area (Å²) in [5.41, 5.74) is 5.86. The van der Waals surface area contributed by atoms with Crippen LogP contribution < -0.4 is 10.5 Å². The molecule has 0 bridgehead atoms. The molecule has 1 aromatic carbocycles. The van der Waals surface area contributed by atoms with Crippen LogP contribution in [0.3, 0.4) is 0 Å². The molecule has 0 heterocycles. The molecule has 0 aromatic heterocycles. The first-order valence-corrected chi connectivity index (χ1v) is 7.46. The Kier molecular flexibility index (Phi) is 4.52. The van der Waals surface area contributed by atoms with Crippen molar-refractivity contribution in [2.45, 2.75) is 38.1 Å². The Morgan fingerprint density at radius 1 is 1.30 bits per heavy atom. The van der Waals surface area contributed by atoms with Crippen molar-refractivity contribution in [1.29, 1.82) is 0 Å². The van der Waals surface area contributed by atoms with Crippen LogP contribution in [0, 0.1) is 24.0 Å². The lowest BCUT2D eigenvalue weighted by Gasteiger charge is -2.19. The minimum atomic E-state index is -3.98. The third-order valence-electron chi connectivity index (χ3n) is 2.78. The van der Waals surface area contributed by atoms with Crippen molar-refractivity contribution in [3.05, 3.63) is 33.4 Å². The quantitative estimate of drug-likeness (QED) is 0.627. The first kappa shape index (κ1) is 16.5. The zero-order chi connectivity index (χ0) is 15.7. The zero-order valence-electron chi connectivity index (χ0n) is 11.9. The highest BCUT2D eigenvalue weighted by atomic mass is 32.2. The summed E-state index contributed by atoms with van der Waals surface area (Å²) in [6.07, 6.45) is 0. The Hall–Kier alpha value is -1.51. The monoisotopic (exact) mass is 301 g/mol. The van der Waals surface area contributed by atoms with Crippen LogP contribution in [0.1, 0.15) is 25.0 Å². The summed E-state index contributed by atoms with van der Waals surface area (Å²) in [5, 5.41) is 11.0. The van der Waals surface area contributed by atoms with Gasteiger partial charge in [0.05, 0.1) is 4.92 Å². The van der Waals surface area contributed by atoms with Crippen LogP contribution in [-0.4, -0.2) is 25.4 Å². The summed E-state index contributed by atoms with van der Waals surface area (Å²) >= 11 is 0. The van der Waals surface area contributed by atoms with E-state index in [1.165, 1.54) is 12.1 Å². The Labute approximate surface area is 118 Å². The first-order chi connectivity index (χ1) is 8.94. The van der Waals surface area contributed by atoms with Gasteiger partial charge >= 0.3 is 0 Å². The minimum absolute atomic E-state index is 0.0145. The molecule has 112 valence electrons. The Morgan fingerprint density at radius 3 is 2.25 bits per heavy atom. The van der Waals surface area contributed by atoms with E-state index in [2.05, 4.69) is 4.72 Å². The van der Waals surface area contributed by atoms with Crippen molar-refractivity contribution in [1.82, 2.24) is 4.72 Å². The number of rotatable bonds is 5. The third kappa shape index (κ3) is 3.99. The Balaban J connectivity index is 3.30. The van der Waals surface area contributed by atoms with Crippen LogP contribution in [0.4, 0.5) is 5.69 Å². The predicted molar refractivity (Wildman–Crippen MR) is 76.0 cm³/mol. The molecule has 0 atom stereocenters. The number of sulfonamides is 1. The molecule has 3 N–H and O–H groups in total. The van der Waals surface area contributed by atoms with Gasteiger partial charge in [-0.05, 0) is 44.9 Å². The van der Waals surface area contributed by atoms with Gasteiger partial charge in [0.1, 0.15) is 0 Å². The van der Waals surface area contributed by atoms with Gasteiger partial charge in [-0.15, -0.1) is 0 Å². The second-order valence-electron chi connectivity index (χ2n) is 5.47. The van der Waals surface area contributed by atoms with Crippen molar-refractivity contribution in [3.8, 4) is 0 Å². The number of nitro benzene ring substituents is 1. The standard InChI is InChI=1S/C12H19N3O4S/c1-8-5-10(15(16)17)11(6-9(8)2)20(18,19)14-7-12(3,4)13/h5-6,14H,7,13H2,1-4H3. The van der Waals surface area contributed by atoms with Gasteiger partial charge in [-0.2, -0.15) is 0 Å². The minimum Gasteiger partial charge on any atom is -0.324 e. The van der Waals surface area contributed by atoms with Crippen LogP contribution in [0.5, 0.6) is 0 Å². The lowest BCUT2D eigenvalue weighted by atomic mass is 10.1. The van der Waals surface area contributed by atoms with Gasteiger partial charge in [0, 0.05) is 18.2 Å². The third-order valence-corrected chi connectivity index (χ3v) is 4.21. The second kappa shape index (κ2) is 5.47. The molecular weight excluding hydrogens is 282 g/mol. The number of nitro groups is 1. The molecule has 1 aromatic rings.